The quantitative estimate of drug-likeness (QED) is 0.564. The van der Waals surface area contributed by atoms with Gasteiger partial charge in [-0.05, 0) is 42.5 Å². The van der Waals surface area contributed by atoms with Crippen molar-refractivity contribution < 1.29 is 18.4 Å². The summed E-state index contributed by atoms with van der Waals surface area (Å²) >= 11 is 2.46. The van der Waals surface area contributed by atoms with Crippen LogP contribution >= 0.6 is 23.1 Å². The van der Waals surface area contributed by atoms with Crippen molar-refractivity contribution in [1.82, 2.24) is 4.98 Å². The summed E-state index contributed by atoms with van der Waals surface area (Å²) in [4.78, 5) is 28.1. The van der Waals surface area contributed by atoms with Crippen LogP contribution in [0, 0.1) is 11.6 Å². The van der Waals surface area contributed by atoms with Gasteiger partial charge in [-0.2, -0.15) is 0 Å². The van der Waals surface area contributed by atoms with Gasteiger partial charge >= 0.3 is 0 Å². The number of aromatic nitrogens is 1. The molecule has 3 rings (SSSR count). The molecule has 0 saturated heterocycles. The van der Waals surface area contributed by atoms with E-state index in [9.17, 15) is 18.4 Å². The van der Waals surface area contributed by atoms with E-state index in [0.29, 0.717) is 10.8 Å². The van der Waals surface area contributed by atoms with E-state index in [4.69, 9.17) is 0 Å². The van der Waals surface area contributed by atoms with Gasteiger partial charge in [-0.1, -0.05) is 0 Å². The van der Waals surface area contributed by atoms with E-state index >= 15 is 0 Å². The zero-order valence-corrected chi connectivity index (χ0v) is 16.3. The Morgan fingerprint density at radius 2 is 1.86 bits per heavy atom. The Morgan fingerprint density at radius 1 is 1.11 bits per heavy atom. The minimum absolute atomic E-state index is 0.0467. The average molecular weight is 419 g/mol. The molecule has 2 amide bonds. The molecule has 0 spiro atoms. The molecule has 144 valence electrons. The lowest BCUT2D eigenvalue weighted by atomic mass is 10.1. The maximum atomic E-state index is 13.8. The van der Waals surface area contributed by atoms with Crippen molar-refractivity contribution >= 4 is 45.7 Å². The van der Waals surface area contributed by atoms with Crippen LogP contribution in [0.15, 0.2) is 52.7 Å². The standard InChI is InChI=1S/C19H15F2N3O2S2/c1-11(25)22-13-3-5-14(6-4-13)27-10-18(26)24-19-23-17(9-28-19)15-8-12(20)2-7-16(15)21/h2-9H,10H2,1H3,(H,22,25)(H,23,24,26). The van der Waals surface area contributed by atoms with Crippen molar-refractivity contribution in [1.29, 1.82) is 0 Å². The minimum Gasteiger partial charge on any atom is -0.326 e. The second-order valence-electron chi connectivity index (χ2n) is 5.70. The number of anilines is 2. The lowest BCUT2D eigenvalue weighted by molar-refractivity contribution is -0.114. The van der Waals surface area contributed by atoms with E-state index < -0.39 is 11.6 Å². The monoisotopic (exact) mass is 419 g/mol. The van der Waals surface area contributed by atoms with E-state index in [2.05, 4.69) is 15.6 Å². The van der Waals surface area contributed by atoms with E-state index in [1.807, 2.05) is 0 Å². The fourth-order valence-electron chi connectivity index (χ4n) is 2.29. The number of nitrogens with one attached hydrogen (secondary N) is 2. The molecule has 0 radical (unpaired) electrons. The molecule has 0 saturated carbocycles. The molecule has 2 aromatic carbocycles. The summed E-state index contributed by atoms with van der Waals surface area (Å²) in [6.45, 7) is 1.43. The van der Waals surface area contributed by atoms with Gasteiger partial charge in [0, 0.05) is 28.5 Å². The summed E-state index contributed by atoms with van der Waals surface area (Å²) in [5.41, 5.74) is 0.991. The molecule has 0 fully saturated rings. The molecule has 0 aliphatic carbocycles. The molecule has 1 heterocycles. The first-order valence-corrected chi connectivity index (χ1v) is 9.98. The van der Waals surface area contributed by atoms with Crippen LogP contribution in [0.4, 0.5) is 19.6 Å². The number of thioether (sulfide) groups is 1. The van der Waals surface area contributed by atoms with Gasteiger partial charge in [-0.25, -0.2) is 13.8 Å². The maximum absolute atomic E-state index is 13.8. The van der Waals surface area contributed by atoms with Crippen LogP contribution < -0.4 is 10.6 Å². The van der Waals surface area contributed by atoms with Crippen LogP contribution in [-0.4, -0.2) is 22.6 Å². The zero-order valence-electron chi connectivity index (χ0n) is 14.7. The molecule has 0 aliphatic rings. The number of hydrogen-bond donors (Lipinski definition) is 2. The summed E-state index contributed by atoms with van der Waals surface area (Å²) < 4.78 is 27.1. The highest BCUT2D eigenvalue weighted by atomic mass is 32.2. The lowest BCUT2D eigenvalue weighted by Gasteiger charge is -2.05. The minimum atomic E-state index is -0.581. The molecule has 5 nitrogen and oxygen atoms in total. The molecule has 0 bridgehead atoms. The fourth-order valence-corrected chi connectivity index (χ4v) is 3.72. The average Bonchev–Trinajstić information content (AvgIpc) is 3.11. The summed E-state index contributed by atoms with van der Waals surface area (Å²) in [7, 11) is 0. The number of nitrogens with zero attached hydrogens (tertiary/aromatic N) is 1. The fraction of sp³-hybridized carbons (Fsp3) is 0.105. The molecule has 28 heavy (non-hydrogen) atoms. The number of amides is 2. The van der Waals surface area contributed by atoms with Crippen LogP contribution in [0.2, 0.25) is 0 Å². The number of rotatable bonds is 6. The van der Waals surface area contributed by atoms with Gasteiger partial charge < -0.3 is 10.6 Å². The first-order valence-electron chi connectivity index (χ1n) is 8.12. The van der Waals surface area contributed by atoms with Crippen molar-refractivity contribution in [3.05, 3.63) is 59.5 Å². The molecule has 0 unspecified atom stereocenters. The molecule has 2 N–H and O–H groups in total. The van der Waals surface area contributed by atoms with Crippen molar-refractivity contribution in [2.45, 2.75) is 11.8 Å². The van der Waals surface area contributed by atoms with Crippen LogP contribution in [0.3, 0.4) is 0 Å². The number of hydrogen-bond acceptors (Lipinski definition) is 5. The smallest absolute Gasteiger partial charge is 0.236 e. The summed E-state index contributed by atoms with van der Waals surface area (Å²) in [5.74, 6) is -1.40. The third-order valence-corrected chi connectivity index (χ3v) is 5.27. The zero-order chi connectivity index (χ0) is 20.1. The molecule has 9 heteroatoms. The summed E-state index contributed by atoms with van der Waals surface area (Å²) in [6, 6.07) is 10.2. The Labute approximate surface area is 168 Å². The second-order valence-corrected chi connectivity index (χ2v) is 7.61. The van der Waals surface area contributed by atoms with E-state index in [-0.39, 0.29) is 28.8 Å². The summed E-state index contributed by atoms with van der Waals surface area (Å²) in [5, 5.41) is 7.18. The lowest BCUT2D eigenvalue weighted by Crippen LogP contribution is -2.13. The largest absolute Gasteiger partial charge is 0.326 e. The van der Waals surface area contributed by atoms with Crippen LogP contribution in [-0.2, 0) is 9.59 Å². The molecular formula is C19H15F2N3O2S2. The Kier molecular flexibility index (Phi) is 6.37. The van der Waals surface area contributed by atoms with Gasteiger partial charge in [0.05, 0.1) is 11.4 Å². The van der Waals surface area contributed by atoms with Gasteiger partial charge in [-0.15, -0.1) is 23.1 Å². The predicted octanol–water partition coefficient (Wildman–Crippen LogP) is 4.78. The topological polar surface area (TPSA) is 71.1 Å². The Hall–Kier alpha value is -2.78. The number of halogens is 2. The van der Waals surface area contributed by atoms with Gasteiger partial charge in [0.2, 0.25) is 11.8 Å². The molecule has 1 aromatic heterocycles. The van der Waals surface area contributed by atoms with Crippen LogP contribution in [0.25, 0.3) is 11.3 Å². The Balaban J connectivity index is 1.56. The maximum Gasteiger partial charge on any atom is 0.236 e. The normalized spacial score (nSPS) is 10.5. The molecular weight excluding hydrogens is 404 g/mol. The van der Waals surface area contributed by atoms with Crippen LogP contribution in [0.1, 0.15) is 6.92 Å². The van der Waals surface area contributed by atoms with Crippen LogP contribution in [0.5, 0.6) is 0 Å². The first-order chi connectivity index (χ1) is 13.4. The highest BCUT2D eigenvalue weighted by molar-refractivity contribution is 8.00. The molecule has 3 aromatic rings. The Morgan fingerprint density at radius 3 is 2.57 bits per heavy atom. The number of thiazole rings is 1. The van der Waals surface area contributed by atoms with E-state index in [1.54, 1.807) is 29.6 Å². The highest BCUT2D eigenvalue weighted by Gasteiger charge is 2.12. The molecule has 0 atom stereocenters. The van der Waals surface area contributed by atoms with Gasteiger partial charge in [-0.3, -0.25) is 9.59 Å². The third-order valence-electron chi connectivity index (χ3n) is 3.50. The van der Waals surface area contributed by atoms with Crippen molar-refractivity contribution in [2.24, 2.45) is 0 Å². The second kappa shape index (κ2) is 8.94. The van der Waals surface area contributed by atoms with E-state index in [1.165, 1.54) is 18.7 Å². The molecule has 0 aliphatic heterocycles. The van der Waals surface area contributed by atoms with Gasteiger partial charge in [0.1, 0.15) is 11.6 Å². The third kappa shape index (κ3) is 5.37. The number of carbonyl (C=O) groups is 2. The Bertz CT molecular complexity index is 1010. The predicted molar refractivity (Wildman–Crippen MR) is 108 cm³/mol. The summed E-state index contributed by atoms with van der Waals surface area (Å²) in [6.07, 6.45) is 0. The number of benzene rings is 2. The van der Waals surface area contributed by atoms with Gasteiger partial charge in [0.15, 0.2) is 5.13 Å². The van der Waals surface area contributed by atoms with E-state index in [0.717, 1.165) is 34.4 Å². The van der Waals surface area contributed by atoms with Crippen molar-refractivity contribution in [2.75, 3.05) is 16.4 Å². The van der Waals surface area contributed by atoms with Crippen molar-refractivity contribution in [3.63, 3.8) is 0 Å². The van der Waals surface area contributed by atoms with Crippen molar-refractivity contribution in [3.8, 4) is 11.3 Å². The SMILES string of the molecule is CC(=O)Nc1ccc(SCC(=O)Nc2nc(-c3cc(F)ccc3F)cs2)cc1. The van der Waals surface area contributed by atoms with Gasteiger partial charge in [0.25, 0.3) is 0 Å². The highest BCUT2D eigenvalue weighted by Crippen LogP contribution is 2.28. The first kappa shape index (κ1) is 20.0. The number of carbonyl (C=O) groups excluding carboxylic acids is 2.